The van der Waals surface area contributed by atoms with Crippen LogP contribution in [0.3, 0.4) is 0 Å². The van der Waals surface area contributed by atoms with Crippen molar-refractivity contribution in [2.75, 3.05) is 7.11 Å². The molecular formula is C12H15BrN2O. The molecule has 1 atom stereocenters. The van der Waals surface area contributed by atoms with Gasteiger partial charge in [0.1, 0.15) is 5.75 Å². The number of benzene rings is 1. The molecule has 1 unspecified atom stereocenters. The predicted molar refractivity (Wildman–Crippen MR) is 68.8 cm³/mol. The van der Waals surface area contributed by atoms with Crippen LogP contribution in [-0.2, 0) is 0 Å². The van der Waals surface area contributed by atoms with Gasteiger partial charge in [-0.15, -0.1) is 12.3 Å². The fraction of sp³-hybridized carbons (Fsp3) is 0.333. The summed E-state index contributed by atoms with van der Waals surface area (Å²) >= 11 is 3.44. The molecule has 1 aromatic carbocycles. The Kier molecular flexibility index (Phi) is 5.33. The van der Waals surface area contributed by atoms with E-state index in [2.05, 4.69) is 27.3 Å². The summed E-state index contributed by atoms with van der Waals surface area (Å²) in [4.78, 5) is 0. The van der Waals surface area contributed by atoms with Crippen LogP contribution in [0.2, 0.25) is 0 Å². The lowest BCUT2D eigenvalue weighted by Gasteiger charge is -2.16. The van der Waals surface area contributed by atoms with Crippen LogP contribution in [0.25, 0.3) is 0 Å². The zero-order valence-corrected chi connectivity index (χ0v) is 10.8. The SMILES string of the molecule is C#CCCC(NN)c1ccc(OC)c(Br)c1. The van der Waals surface area contributed by atoms with Crippen molar-refractivity contribution in [3.63, 3.8) is 0 Å². The van der Waals surface area contributed by atoms with E-state index in [9.17, 15) is 0 Å². The zero-order valence-electron chi connectivity index (χ0n) is 9.16. The molecule has 0 aliphatic rings. The van der Waals surface area contributed by atoms with Crippen LogP contribution in [-0.4, -0.2) is 7.11 Å². The lowest BCUT2D eigenvalue weighted by Crippen LogP contribution is -2.27. The minimum atomic E-state index is 0.0678. The van der Waals surface area contributed by atoms with Gasteiger partial charge in [-0.05, 0) is 40.0 Å². The molecule has 16 heavy (non-hydrogen) atoms. The van der Waals surface area contributed by atoms with Gasteiger partial charge in [0.05, 0.1) is 11.6 Å². The molecule has 86 valence electrons. The van der Waals surface area contributed by atoms with Crippen LogP contribution in [0.5, 0.6) is 5.75 Å². The van der Waals surface area contributed by atoms with Crippen molar-refractivity contribution in [3.8, 4) is 18.1 Å². The Bertz CT molecular complexity index is 387. The lowest BCUT2D eigenvalue weighted by molar-refractivity contribution is 0.411. The number of terminal acetylenes is 1. The molecule has 3 N–H and O–H groups in total. The van der Waals surface area contributed by atoms with Crippen molar-refractivity contribution < 1.29 is 4.74 Å². The van der Waals surface area contributed by atoms with E-state index in [1.807, 2.05) is 18.2 Å². The second-order valence-electron chi connectivity index (χ2n) is 3.36. The summed E-state index contributed by atoms with van der Waals surface area (Å²) in [5.74, 6) is 8.91. The molecule has 0 amide bonds. The van der Waals surface area contributed by atoms with Gasteiger partial charge in [-0.2, -0.15) is 0 Å². The zero-order chi connectivity index (χ0) is 12.0. The van der Waals surface area contributed by atoms with Gasteiger partial charge in [-0.1, -0.05) is 6.07 Å². The number of nitrogens with one attached hydrogen (secondary N) is 1. The van der Waals surface area contributed by atoms with Crippen LogP contribution in [0, 0.1) is 12.3 Å². The van der Waals surface area contributed by atoms with Crippen molar-refractivity contribution >= 4 is 15.9 Å². The highest BCUT2D eigenvalue weighted by atomic mass is 79.9. The molecule has 0 aliphatic carbocycles. The normalized spacial score (nSPS) is 11.9. The highest BCUT2D eigenvalue weighted by molar-refractivity contribution is 9.10. The van der Waals surface area contributed by atoms with E-state index in [0.29, 0.717) is 6.42 Å². The standard InChI is InChI=1S/C12H15BrN2O/c1-3-4-5-11(15-14)9-6-7-12(16-2)10(13)8-9/h1,6-8,11,15H,4-5,14H2,2H3. The molecule has 0 radical (unpaired) electrons. The Hall–Kier alpha value is -1.02. The van der Waals surface area contributed by atoms with Gasteiger partial charge in [-0.3, -0.25) is 11.3 Å². The Morgan fingerprint density at radius 3 is 2.88 bits per heavy atom. The Morgan fingerprint density at radius 1 is 1.62 bits per heavy atom. The van der Waals surface area contributed by atoms with Gasteiger partial charge in [0.25, 0.3) is 0 Å². The van der Waals surface area contributed by atoms with E-state index in [-0.39, 0.29) is 6.04 Å². The van der Waals surface area contributed by atoms with Gasteiger partial charge in [0, 0.05) is 12.5 Å². The van der Waals surface area contributed by atoms with Gasteiger partial charge < -0.3 is 4.74 Å². The van der Waals surface area contributed by atoms with E-state index in [0.717, 1.165) is 22.2 Å². The van der Waals surface area contributed by atoms with Crippen molar-refractivity contribution in [1.82, 2.24) is 5.43 Å². The summed E-state index contributed by atoms with van der Waals surface area (Å²) in [6.45, 7) is 0. The molecule has 0 spiro atoms. The average Bonchev–Trinajstić information content (AvgIpc) is 2.30. The van der Waals surface area contributed by atoms with Crippen molar-refractivity contribution in [2.24, 2.45) is 5.84 Å². The van der Waals surface area contributed by atoms with Crippen LogP contribution in [0.15, 0.2) is 22.7 Å². The molecule has 1 aromatic rings. The maximum absolute atomic E-state index is 5.50. The second kappa shape index (κ2) is 6.54. The van der Waals surface area contributed by atoms with E-state index < -0.39 is 0 Å². The molecule has 0 saturated heterocycles. The molecule has 0 heterocycles. The van der Waals surface area contributed by atoms with Crippen molar-refractivity contribution in [3.05, 3.63) is 28.2 Å². The molecule has 1 rings (SSSR count). The first-order valence-electron chi connectivity index (χ1n) is 4.96. The Balaban J connectivity index is 2.85. The highest BCUT2D eigenvalue weighted by Gasteiger charge is 2.10. The highest BCUT2D eigenvalue weighted by Crippen LogP contribution is 2.29. The Labute approximate surface area is 104 Å². The number of halogens is 1. The van der Waals surface area contributed by atoms with E-state index in [4.69, 9.17) is 17.0 Å². The van der Waals surface area contributed by atoms with E-state index in [1.54, 1.807) is 7.11 Å². The first-order chi connectivity index (χ1) is 7.72. The number of methoxy groups -OCH3 is 1. The minimum Gasteiger partial charge on any atom is -0.496 e. The van der Waals surface area contributed by atoms with Gasteiger partial charge in [0.15, 0.2) is 0 Å². The van der Waals surface area contributed by atoms with Crippen molar-refractivity contribution in [1.29, 1.82) is 0 Å². The molecule has 4 heteroatoms. The average molecular weight is 283 g/mol. The van der Waals surface area contributed by atoms with Gasteiger partial charge in [-0.25, -0.2) is 0 Å². The first kappa shape index (κ1) is 13.0. The third-order valence-corrected chi connectivity index (χ3v) is 2.98. The second-order valence-corrected chi connectivity index (χ2v) is 4.21. The number of rotatable bonds is 5. The number of hydrogen-bond donors (Lipinski definition) is 2. The summed E-state index contributed by atoms with van der Waals surface area (Å²) in [5.41, 5.74) is 3.85. The quantitative estimate of drug-likeness (QED) is 0.495. The van der Waals surface area contributed by atoms with Crippen LogP contribution >= 0.6 is 15.9 Å². The maximum Gasteiger partial charge on any atom is 0.133 e. The molecule has 0 fully saturated rings. The molecule has 3 nitrogen and oxygen atoms in total. The third-order valence-electron chi connectivity index (χ3n) is 2.36. The molecule has 0 aliphatic heterocycles. The lowest BCUT2D eigenvalue weighted by atomic mass is 10.0. The number of ether oxygens (including phenoxy) is 1. The molecule has 0 aromatic heterocycles. The first-order valence-corrected chi connectivity index (χ1v) is 5.75. The molecular weight excluding hydrogens is 268 g/mol. The number of nitrogens with two attached hydrogens (primary N) is 1. The fourth-order valence-electron chi connectivity index (χ4n) is 1.47. The summed E-state index contributed by atoms with van der Waals surface area (Å²) in [6.07, 6.45) is 6.74. The van der Waals surface area contributed by atoms with E-state index >= 15 is 0 Å². The summed E-state index contributed by atoms with van der Waals surface area (Å²) in [6, 6.07) is 5.93. The fourth-order valence-corrected chi connectivity index (χ4v) is 2.03. The van der Waals surface area contributed by atoms with Crippen LogP contribution in [0.4, 0.5) is 0 Å². The number of hydrazine groups is 1. The smallest absolute Gasteiger partial charge is 0.133 e. The van der Waals surface area contributed by atoms with Crippen molar-refractivity contribution in [2.45, 2.75) is 18.9 Å². The molecule has 0 bridgehead atoms. The summed E-state index contributed by atoms with van der Waals surface area (Å²) in [7, 11) is 1.64. The summed E-state index contributed by atoms with van der Waals surface area (Å²) in [5, 5.41) is 0. The van der Waals surface area contributed by atoms with E-state index in [1.165, 1.54) is 0 Å². The largest absolute Gasteiger partial charge is 0.496 e. The predicted octanol–water partition coefficient (Wildman–Crippen LogP) is 2.38. The Morgan fingerprint density at radius 2 is 2.38 bits per heavy atom. The minimum absolute atomic E-state index is 0.0678. The summed E-state index contributed by atoms with van der Waals surface area (Å²) < 4.78 is 6.07. The number of hydrogen-bond acceptors (Lipinski definition) is 3. The third kappa shape index (κ3) is 3.24. The maximum atomic E-state index is 5.50. The monoisotopic (exact) mass is 282 g/mol. The van der Waals surface area contributed by atoms with Crippen LogP contribution < -0.4 is 16.0 Å². The van der Waals surface area contributed by atoms with Gasteiger partial charge >= 0.3 is 0 Å². The van der Waals surface area contributed by atoms with Crippen LogP contribution in [0.1, 0.15) is 24.4 Å². The van der Waals surface area contributed by atoms with Gasteiger partial charge in [0.2, 0.25) is 0 Å². The topological polar surface area (TPSA) is 47.3 Å². The molecule has 0 saturated carbocycles.